The molecule has 0 heterocycles. The molecule has 1 amide bonds. The van der Waals surface area contributed by atoms with Crippen LogP contribution in [0, 0.1) is 17.3 Å². The highest BCUT2D eigenvalue weighted by atomic mass is 19.1. The largest absolute Gasteiger partial charge is 0.461 e. The molecule has 2 rings (SSSR count). The number of carbonyl (C=O) groups excluding carboxylic acids is 2. The molecule has 0 spiro atoms. The van der Waals surface area contributed by atoms with E-state index in [2.05, 4.69) is 0 Å². The van der Waals surface area contributed by atoms with Crippen molar-refractivity contribution in [3.8, 4) is 0 Å². The molecule has 3 atom stereocenters. The van der Waals surface area contributed by atoms with Gasteiger partial charge >= 0.3 is 12.1 Å². The fourth-order valence-corrected chi connectivity index (χ4v) is 4.27. The van der Waals surface area contributed by atoms with Crippen molar-refractivity contribution in [3.63, 3.8) is 0 Å². The number of ether oxygens (including phenoxy) is 2. The summed E-state index contributed by atoms with van der Waals surface area (Å²) in [6.07, 6.45) is 2.18. The summed E-state index contributed by atoms with van der Waals surface area (Å²) in [7, 11) is 1.62. The molecule has 188 valence electrons. The smallest absolute Gasteiger partial charge is 0.410 e. The molecule has 3 unspecified atom stereocenters. The third-order valence-electron chi connectivity index (χ3n) is 6.38. The minimum atomic E-state index is -1.15. The van der Waals surface area contributed by atoms with E-state index in [9.17, 15) is 14.0 Å². The lowest BCUT2D eigenvalue weighted by atomic mass is 9.72. The van der Waals surface area contributed by atoms with Crippen molar-refractivity contribution in [2.45, 2.75) is 72.6 Å². The van der Waals surface area contributed by atoms with Gasteiger partial charge < -0.3 is 14.4 Å². The predicted octanol–water partition coefficient (Wildman–Crippen LogP) is 6.74. The lowest BCUT2D eigenvalue weighted by molar-refractivity contribution is -0.152. The zero-order chi connectivity index (χ0) is 25.7. The number of amides is 1. The Kier molecular flexibility index (Phi) is 9.03. The van der Waals surface area contributed by atoms with Gasteiger partial charge in [0.2, 0.25) is 0 Å². The van der Waals surface area contributed by atoms with Gasteiger partial charge in [0, 0.05) is 24.6 Å². The Bertz CT molecular complexity index is 918. The first kappa shape index (κ1) is 27.5. The summed E-state index contributed by atoms with van der Waals surface area (Å²) in [4.78, 5) is 27.3. The maximum Gasteiger partial charge on any atom is 0.410 e. The molecular weight excluding hydrogens is 440 g/mol. The highest BCUT2D eigenvalue weighted by molar-refractivity contribution is 5.74. The predicted molar refractivity (Wildman–Crippen MR) is 128 cm³/mol. The molecule has 7 heteroatoms. The Balaban J connectivity index is 2.29. The van der Waals surface area contributed by atoms with E-state index in [0.717, 1.165) is 11.6 Å². The highest BCUT2D eigenvalue weighted by Crippen LogP contribution is 2.50. The van der Waals surface area contributed by atoms with Gasteiger partial charge in [0.05, 0.1) is 5.92 Å². The maximum atomic E-state index is 15.2. The fraction of sp³-hybridized carbons (Fsp3) is 0.556. The third kappa shape index (κ3) is 7.15. The van der Waals surface area contributed by atoms with Crippen LogP contribution >= 0.6 is 0 Å². The van der Waals surface area contributed by atoms with E-state index in [1.165, 1.54) is 17.9 Å². The summed E-state index contributed by atoms with van der Waals surface area (Å²) in [6, 6.07) is 8.93. The average Bonchev–Trinajstić information content (AvgIpc) is 3.22. The molecule has 0 radical (unpaired) electrons. The van der Waals surface area contributed by atoms with E-state index >= 15 is 4.39 Å². The topological polar surface area (TPSA) is 55.8 Å². The van der Waals surface area contributed by atoms with Crippen molar-refractivity contribution in [2.75, 3.05) is 7.05 Å². The molecule has 1 aliphatic carbocycles. The second kappa shape index (κ2) is 11.2. The van der Waals surface area contributed by atoms with Crippen LogP contribution in [0.5, 0.6) is 0 Å². The van der Waals surface area contributed by atoms with Gasteiger partial charge in [0.15, 0.2) is 0 Å². The molecular formula is C27H37F2NO4. The Labute approximate surface area is 201 Å². The number of esters is 1. The number of carbonyl (C=O) groups is 2. The number of hydrogen-bond donors (Lipinski definition) is 0. The lowest BCUT2D eigenvalue weighted by Crippen LogP contribution is -2.40. The van der Waals surface area contributed by atoms with Gasteiger partial charge in [-0.05, 0) is 52.0 Å². The van der Waals surface area contributed by atoms with Gasteiger partial charge in [-0.1, -0.05) is 50.3 Å². The molecule has 1 fully saturated rings. The number of benzene rings is 1. The number of hydrogen-bond acceptors (Lipinski definition) is 4. The second-order valence-corrected chi connectivity index (χ2v) is 10.4. The van der Waals surface area contributed by atoms with Gasteiger partial charge in [0.25, 0.3) is 0 Å². The molecule has 0 N–H and O–H groups in total. The van der Waals surface area contributed by atoms with Crippen molar-refractivity contribution < 1.29 is 27.8 Å². The average molecular weight is 478 g/mol. The van der Waals surface area contributed by atoms with Crippen LogP contribution < -0.4 is 0 Å². The maximum absolute atomic E-state index is 15.2. The molecule has 1 aromatic carbocycles. The Hall–Kier alpha value is -2.70. The Morgan fingerprint density at radius 1 is 1.09 bits per heavy atom. The van der Waals surface area contributed by atoms with E-state index in [0.29, 0.717) is 12.8 Å². The van der Waals surface area contributed by atoms with Crippen molar-refractivity contribution in [3.05, 3.63) is 59.7 Å². The van der Waals surface area contributed by atoms with E-state index in [-0.39, 0.29) is 12.6 Å². The van der Waals surface area contributed by atoms with Crippen LogP contribution in [0.2, 0.25) is 0 Å². The fourth-order valence-electron chi connectivity index (χ4n) is 4.27. The quantitative estimate of drug-likeness (QED) is 0.322. The standard InChI is InChI=1S/C27H37F2NO4/c1-8-19(28)14-23(29)27(5,6)22-16-20(30(7)25(32)34-26(2,3)4)15-21(22)24(31)33-17-18-12-10-9-11-13-18/h8-14,20-22H,15-17H2,1-7H3. The van der Waals surface area contributed by atoms with Crippen LogP contribution in [0.15, 0.2) is 54.1 Å². The summed E-state index contributed by atoms with van der Waals surface area (Å²) in [5, 5.41) is 0. The third-order valence-corrected chi connectivity index (χ3v) is 6.38. The van der Waals surface area contributed by atoms with Crippen LogP contribution in [-0.4, -0.2) is 35.7 Å². The number of nitrogens with zero attached hydrogens (tertiary/aromatic N) is 1. The van der Waals surface area contributed by atoms with E-state index in [1.54, 1.807) is 41.7 Å². The molecule has 1 saturated carbocycles. The van der Waals surface area contributed by atoms with Gasteiger partial charge in [0.1, 0.15) is 23.9 Å². The Morgan fingerprint density at radius 3 is 2.26 bits per heavy atom. The van der Waals surface area contributed by atoms with Gasteiger partial charge in [-0.15, -0.1) is 0 Å². The summed E-state index contributed by atoms with van der Waals surface area (Å²) in [6.45, 7) is 10.2. The van der Waals surface area contributed by atoms with Crippen LogP contribution in [-0.2, 0) is 20.9 Å². The van der Waals surface area contributed by atoms with Crippen LogP contribution in [0.25, 0.3) is 0 Å². The zero-order valence-electron chi connectivity index (χ0n) is 21.2. The van der Waals surface area contributed by atoms with Crippen LogP contribution in [0.3, 0.4) is 0 Å². The van der Waals surface area contributed by atoms with Crippen molar-refractivity contribution in [1.82, 2.24) is 4.90 Å². The Morgan fingerprint density at radius 2 is 1.71 bits per heavy atom. The first-order chi connectivity index (χ1) is 15.8. The molecule has 34 heavy (non-hydrogen) atoms. The van der Waals surface area contributed by atoms with Gasteiger partial charge in [-0.25, -0.2) is 13.6 Å². The molecule has 0 aliphatic heterocycles. The molecule has 5 nitrogen and oxygen atoms in total. The normalized spacial score (nSPS) is 21.9. The zero-order valence-corrected chi connectivity index (χ0v) is 21.2. The number of halogens is 2. The minimum absolute atomic E-state index is 0.0986. The molecule has 1 aliphatic rings. The monoisotopic (exact) mass is 477 g/mol. The SMILES string of the molecule is CC=C(F)C=C(F)C(C)(C)C1CC(N(C)C(=O)OC(C)(C)C)CC1C(=O)OCc1ccccc1. The first-order valence-corrected chi connectivity index (χ1v) is 11.6. The highest BCUT2D eigenvalue weighted by Gasteiger charge is 2.50. The number of rotatable bonds is 7. The van der Waals surface area contributed by atoms with E-state index in [4.69, 9.17) is 9.47 Å². The summed E-state index contributed by atoms with van der Waals surface area (Å²) in [5.41, 5.74) is -0.983. The van der Waals surface area contributed by atoms with Gasteiger partial charge in [-0.3, -0.25) is 4.79 Å². The lowest BCUT2D eigenvalue weighted by Gasteiger charge is -2.34. The van der Waals surface area contributed by atoms with Crippen molar-refractivity contribution in [1.29, 1.82) is 0 Å². The summed E-state index contributed by atoms with van der Waals surface area (Å²) < 4.78 is 40.1. The first-order valence-electron chi connectivity index (χ1n) is 11.6. The minimum Gasteiger partial charge on any atom is -0.461 e. The molecule has 1 aromatic rings. The van der Waals surface area contributed by atoms with Crippen molar-refractivity contribution in [2.24, 2.45) is 17.3 Å². The summed E-state index contributed by atoms with van der Waals surface area (Å²) in [5.74, 6) is -2.97. The summed E-state index contributed by atoms with van der Waals surface area (Å²) >= 11 is 0. The molecule has 0 aromatic heterocycles. The number of allylic oxidation sites excluding steroid dienone is 4. The van der Waals surface area contributed by atoms with Crippen molar-refractivity contribution >= 4 is 12.1 Å². The molecule has 0 bridgehead atoms. The molecule has 0 saturated heterocycles. The van der Waals surface area contributed by atoms with Crippen LogP contribution in [0.1, 0.15) is 59.9 Å². The van der Waals surface area contributed by atoms with E-state index < -0.39 is 46.6 Å². The van der Waals surface area contributed by atoms with Crippen LogP contribution in [0.4, 0.5) is 13.6 Å². The van der Waals surface area contributed by atoms with E-state index in [1.807, 2.05) is 30.3 Å². The van der Waals surface area contributed by atoms with Gasteiger partial charge in [-0.2, -0.15) is 0 Å². The second-order valence-electron chi connectivity index (χ2n) is 10.4.